The maximum Gasteiger partial charge on any atom is 0.279 e. The smallest absolute Gasteiger partial charge is 0.279 e. The molecule has 146 valence electrons. The maximum absolute atomic E-state index is 12.4. The molecule has 0 radical (unpaired) electrons. The van der Waals surface area contributed by atoms with E-state index in [4.69, 9.17) is 0 Å². The van der Waals surface area contributed by atoms with Crippen LogP contribution in [0.5, 0.6) is 0 Å². The fraction of sp³-hybridized carbons (Fsp3) is 0.381. The van der Waals surface area contributed by atoms with Crippen LogP contribution in [0, 0.1) is 5.92 Å². The molecule has 3 amide bonds. The molecule has 28 heavy (non-hydrogen) atoms. The van der Waals surface area contributed by atoms with E-state index in [0.717, 1.165) is 31.4 Å². The topological polar surface area (TPSA) is 78.5 Å². The number of amides is 3. The summed E-state index contributed by atoms with van der Waals surface area (Å²) in [7, 11) is 0. The van der Waals surface area contributed by atoms with Gasteiger partial charge in [0.1, 0.15) is 0 Å². The van der Waals surface area contributed by atoms with Gasteiger partial charge in [-0.05, 0) is 67.5 Å². The van der Waals surface area contributed by atoms with Gasteiger partial charge in [-0.25, -0.2) is 0 Å². The standard InChI is InChI=1S/C21H23N3O3S/c1-13-4-9-17-15(11-13)12-18(28-17)21(27)23-22-20(26)14-5-7-16(8-6-14)24-10-2-3-19(24)25/h5-8,12-13H,2-4,9-11H2,1H3,(H,22,26)(H,23,27)/t13-/m0/s1. The molecule has 1 aliphatic heterocycles. The molecule has 4 rings (SSSR count). The highest BCUT2D eigenvalue weighted by atomic mass is 32.1. The normalized spacial score (nSPS) is 18.7. The molecule has 1 aromatic carbocycles. The molecule has 2 aromatic rings. The summed E-state index contributed by atoms with van der Waals surface area (Å²) in [6.45, 7) is 2.94. The van der Waals surface area contributed by atoms with Crippen LogP contribution in [0.3, 0.4) is 0 Å². The van der Waals surface area contributed by atoms with Gasteiger partial charge in [-0.3, -0.25) is 25.2 Å². The molecule has 1 aliphatic carbocycles. The third-order valence-corrected chi connectivity index (χ3v) is 6.59. The van der Waals surface area contributed by atoms with Crippen molar-refractivity contribution in [3.63, 3.8) is 0 Å². The number of hydrazine groups is 1. The molecule has 2 N–H and O–H groups in total. The van der Waals surface area contributed by atoms with Gasteiger partial charge >= 0.3 is 0 Å². The molecule has 1 aromatic heterocycles. The van der Waals surface area contributed by atoms with Crippen molar-refractivity contribution in [1.29, 1.82) is 0 Å². The molecule has 2 aliphatic rings. The summed E-state index contributed by atoms with van der Waals surface area (Å²) in [5.74, 6) is 0.0799. The van der Waals surface area contributed by atoms with Crippen molar-refractivity contribution in [3.8, 4) is 0 Å². The molecule has 1 saturated heterocycles. The lowest BCUT2D eigenvalue weighted by molar-refractivity contribution is -0.117. The predicted octanol–water partition coefficient (Wildman–Crippen LogP) is 3.07. The first-order valence-electron chi connectivity index (χ1n) is 9.64. The highest BCUT2D eigenvalue weighted by molar-refractivity contribution is 7.14. The lowest BCUT2D eigenvalue weighted by Crippen LogP contribution is -2.41. The molecule has 0 spiro atoms. The molecule has 7 heteroatoms. The fourth-order valence-corrected chi connectivity index (χ4v) is 4.88. The Bertz CT molecular complexity index is 919. The number of rotatable bonds is 3. The van der Waals surface area contributed by atoms with Gasteiger partial charge in [0.2, 0.25) is 5.91 Å². The van der Waals surface area contributed by atoms with Crippen LogP contribution in [-0.2, 0) is 17.6 Å². The molecule has 2 heterocycles. The zero-order valence-corrected chi connectivity index (χ0v) is 16.6. The van der Waals surface area contributed by atoms with Crippen LogP contribution in [0.4, 0.5) is 5.69 Å². The van der Waals surface area contributed by atoms with Gasteiger partial charge in [-0.1, -0.05) is 6.92 Å². The molecule has 1 fully saturated rings. The van der Waals surface area contributed by atoms with Gasteiger partial charge in [0, 0.05) is 29.1 Å². The average molecular weight is 398 g/mol. The fourth-order valence-electron chi connectivity index (χ4n) is 3.78. The summed E-state index contributed by atoms with van der Waals surface area (Å²) >= 11 is 1.51. The Morgan fingerprint density at radius 1 is 1.11 bits per heavy atom. The molecular formula is C21H23N3O3S. The minimum Gasteiger partial charge on any atom is -0.312 e. The Morgan fingerprint density at radius 2 is 1.86 bits per heavy atom. The van der Waals surface area contributed by atoms with E-state index < -0.39 is 0 Å². The maximum atomic E-state index is 12.4. The van der Waals surface area contributed by atoms with Crippen LogP contribution in [-0.4, -0.2) is 24.3 Å². The van der Waals surface area contributed by atoms with Crippen molar-refractivity contribution in [1.82, 2.24) is 10.9 Å². The molecule has 1 atom stereocenters. The van der Waals surface area contributed by atoms with Gasteiger partial charge in [-0.2, -0.15) is 0 Å². The van der Waals surface area contributed by atoms with Crippen LogP contribution in [0.25, 0.3) is 0 Å². The van der Waals surface area contributed by atoms with E-state index in [2.05, 4.69) is 17.8 Å². The van der Waals surface area contributed by atoms with Crippen molar-refractivity contribution >= 4 is 34.7 Å². The van der Waals surface area contributed by atoms with E-state index in [1.807, 2.05) is 6.07 Å². The molecule has 0 unspecified atom stereocenters. The zero-order chi connectivity index (χ0) is 19.7. The number of carbonyl (C=O) groups is 3. The first-order chi connectivity index (χ1) is 13.5. The summed E-state index contributed by atoms with van der Waals surface area (Å²) in [6.07, 6.45) is 4.62. The van der Waals surface area contributed by atoms with Crippen molar-refractivity contribution in [2.45, 2.75) is 39.0 Å². The SMILES string of the molecule is C[C@H]1CCc2sc(C(=O)NNC(=O)c3ccc(N4CCCC4=O)cc3)cc2C1. The number of anilines is 1. The Labute approximate surface area is 167 Å². The van der Waals surface area contributed by atoms with Crippen molar-refractivity contribution in [2.24, 2.45) is 5.92 Å². The summed E-state index contributed by atoms with van der Waals surface area (Å²) in [4.78, 5) is 40.1. The number of hydrogen-bond donors (Lipinski definition) is 2. The van der Waals surface area contributed by atoms with E-state index in [0.29, 0.717) is 29.3 Å². The van der Waals surface area contributed by atoms with Crippen molar-refractivity contribution in [2.75, 3.05) is 11.4 Å². The van der Waals surface area contributed by atoms with Crippen LogP contribution in [0.15, 0.2) is 30.3 Å². The monoisotopic (exact) mass is 397 g/mol. The van der Waals surface area contributed by atoms with Gasteiger partial charge in [-0.15, -0.1) is 11.3 Å². The second-order valence-electron chi connectivity index (χ2n) is 7.51. The first-order valence-corrected chi connectivity index (χ1v) is 10.5. The van der Waals surface area contributed by atoms with E-state index in [1.165, 1.54) is 21.8 Å². The van der Waals surface area contributed by atoms with Gasteiger partial charge in [0.15, 0.2) is 0 Å². The van der Waals surface area contributed by atoms with Crippen LogP contribution in [0.2, 0.25) is 0 Å². The minimum atomic E-state index is -0.386. The van der Waals surface area contributed by atoms with Crippen LogP contribution in [0.1, 0.15) is 56.7 Å². The Kier molecular flexibility index (Phi) is 5.17. The highest BCUT2D eigenvalue weighted by Crippen LogP contribution is 2.32. The number of thiophene rings is 1. The molecule has 0 saturated carbocycles. The second kappa shape index (κ2) is 7.75. The molecule has 0 bridgehead atoms. The lowest BCUT2D eigenvalue weighted by Gasteiger charge is -2.16. The van der Waals surface area contributed by atoms with E-state index >= 15 is 0 Å². The van der Waals surface area contributed by atoms with Gasteiger partial charge < -0.3 is 4.90 Å². The van der Waals surface area contributed by atoms with Crippen LogP contribution < -0.4 is 15.8 Å². The van der Waals surface area contributed by atoms with E-state index in [9.17, 15) is 14.4 Å². The van der Waals surface area contributed by atoms with Crippen LogP contribution >= 0.6 is 11.3 Å². The van der Waals surface area contributed by atoms with E-state index in [1.54, 1.807) is 29.2 Å². The number of hydrogen-bond acceptors (Lipinski definition) is 4. The Hall–Kier alpha value is -2.67. The van der Waals surface area contributed by atoms with Crippen molar-refractivity contribution < 1.29 is 14.4 Å². The molecular weight excluding hydrogens is 374 g/mol. The van der Waals surface area contributed by atoms with Gasteiger partial charge in [0.05, 0.1) is 4.88 Å². The first kappa shape index (κ1) is 18.7. The predicted molar refractivity (Wildman–Crippen MR) is 108 cm³/mol. The number of nitrogens with zero attached hydrogens (tertiary/aromatic N) is 1. The average Bonchev–Trinajstić information content (AvgIpc) is 3.31. The molecule has 6 nitrogen and oxygen atoms in total. The number of carbonyl (C=O) groups excluding carboxylic acids is 3. The summed E-state index contributed by atoms with van der Waals surface area (Å²) in [5.41, 5.74) is 7.45. The summed E-state index contributed by atoms with van der Waals surface area (Å²) < 4.78 is 0. The number of aryl methyl sites for hydroxylation is 1. The number of nitrogens with one attached hydrogen (secondary N) is 2. The summed E-state index contributed by atoms with van der Waals surface area (Å²) in [6, 6.07) is 8.78. The number of benzene rings is 1. The van der Waals surface area contributed by atoms with E-state index in [-0.39, 0.29) is 17.7 Å². The zero-order valence-electron chi connectivity index (χ0n) is 15.8. The second-order valence-corrected chi connectivity index (χ2v) is 8.65. The van der Waals surface area contributed by atoms with Gasteiger partial charge in [0.25, 0.3) is 11.8 Å². The quantitative estimate of drug-likeness (QED) is 0.782. The minimum absolute atomic E-state index is 0.109. The summed E-state index contributed by atoms with van der Waals surface area (Å²) in [5, 5.41) is 0. The number of fused-ring (bicyclic) bond motifs is 1. The largest absolute Gasteiger partial charge is 0.312 e. The third kappa shape index (κ3) is 3.80. The Balaban J connectivity index is 1.35. The third-order valence-electron chi connectivity index (χ3n) is 5.36. The Morgan fingerprint density at radius 3 is 2.57 bits per heavy atom. The van der Waals surface area contributed by atoms with Crippen molar-refractivity contribution in [3.05, 3.63) is 51.2 Å². The lowest BCUT2D eigenvalue weighted by atomic mass is 9.90. The highest BCUT2D eigenvalue weighted by Gasteiger charge is 2.22.